The van der Waals surface area contributed by atoms with Crippen LogP contribution in [0.1, 0.15) is 17.5 Å². The van der Waals surface area contributed by atoms with Crippen molar-refractivity contribution in [3.05, 3.63) is 65.7 Å². The Morgan fingerprint density at radius 3 is 2.56 bits per heavy atom. The molecule has 2 N–H and O–H groups in total. The van der Waals surface area contributed by atoms with Crippen molar-refractivity contribution in [3.63, 3.8) is 0 Å². The van der Waals surface area contributed by atoms with Crippen LogP contribution in [0.5, 0.6) is 0 Å². The minimum Gasteiger partial charge on any atom is -0.348 e. The Morgan fingerprint density at radius 1 is 1.07 bits per heavy atom. The largest absolute Gasteiger partial charge is 0.348 e. The van der Waals surface area contributed by atoms with Gasteiger partial charge in [0.1, 0.15) is 0 Å². The number of hydrogen-bond donors (Lipinski definition) is 2. The molecule has 4 atom stereocenters. The first-order chi connectivity index (χ1) is 13.0. The highest BCUT2D eigenvalue weighted by molar-refractivity contribution is 7.89. The van der Waals surface area contributed by atoms with Crippen LogP contribution in [0.25, 0.3) is 0 Å². The number of fused-ring (bicyclic) bond motifs is 2. The number of rotatable bonds is 6. The molecule has 7 heteroatoms. The Hall–Kier alpha value is -1.77. The van der Waals surface area contributed by atoms with Gasteiger partial charge in [-0.1, -0.05) is 48.0 Å². The molecule has 2 aromatic carbocycles. The second kappa shape index (κ2) is 7.69. The van der Waals surface area contributed by atoms with Crippen LogP contribution in [0.2, 0.25) is 0 Å². The Kier molecular flexibility index (Phi) is 5.29. The number of ether oxygens (including phenoxy) is 2. The van der Waals surface area contributed by atoms with E-state index in [1.807, 2.05) is 37.3 Å². The average Bonchev–Trinajstić information content (AvgIpc) is 3.05. The lowest BCUT2D eigenvalue weighted by Gasteiger charge is -2.36. The van der Waals surface area contributed by atoms with E-state index in [2.05, 4.69) is 10.0 Å². The molecule has 2 saturated heterocycles. The predicted molar refractivity (Wildman–Crippen MR) is 102 cm³/mol. The zero-order valence-electron chi connectivity index (χ0n) is 15.2. The third-order valence-electron chi connectivity index (χ3n) is 5.04. The van der Waals surface area contributed by atoms with Gasteiger partial charge in [0, 0.05) is 12.6 Å². The van der Waals surface area contributed by atoms with Gasteiger partial charge in [0.05, 0.1) is 23.6 Å². The summed E-state index contributed by atoms with van der Waals surface area (Å²) in [6, 6.07) is 16.3. The highest BCUT2D eigenvalue weighted by Crippen LogP contribution is 2.29. The number of sulfonamides is 1. The van der Waals surface area contributed by atoms with E-state index in [0.717, 1.165) is 11.1 Å². The van der Waals surface area contributed by atoms with Gasteiger partial charge in [-0.25, -0.2) is 13.1 Å². The van der Waals surface area contributed by atoms with E-state index in [4.69, 9.17) is 9.47 Å². The van der Waals surface area contributed by atoms with Gasteiger partial charge in [-0.15, -0.1) is 0 Å². The summed E-state index contributed by atoms with van der Waals surface area (Å²) < 4.78 is 40.1. The van der Waals surface area contributed by atoms with Crippen LogP contribution in [0, 0.1) is 6.92 Å². The van der Waals surface area contributed by atoms with Crippen molar-refractivity contribution in [2.75, 3.05) is 6.61 Å². The van der Waals surface area contributed by atoms with Crippen LogP contribution in [0.3, 0.4) is 0 Å². The van der Waals surface area contributed by atoms with Crippen molar-refractivity contribution < 1.29 is 17.9 Å². The van der Waals surface area contributed by atoms with E-state index in [0.29, 0.717) is 19.6 Å². The maximum Gasteiger partial charge on any atom is 0.240 e. The molecule has 2 aliphatic rings. The number of aryl methyl sites for hydroxylation is 1. The highest BCUT2D eigenvalue weighted by atomic mass is 32.2. The van der Waals surface area contributed by atoms with E-state index in [9.17, 15) is 8.42 Å². The molecule has 2 fully saturated rings. The van der Waals surface area contributed by atoms with Gasteiger partial charge in [0.15, 0.2) is 6.29 Å². The molecule has 144 valence electrons. The monoisotopic (exact) mass is 388 g/mol. The van der Waals surface area contributed by atoms with E-state index < -0.39 is 16.3 Å². The zero-order chi connectivity index (χ0) is 18.9. The Bertz CT molecular complexity index is 871. The van der Waals surface area contributed by atoms with Crippen molar-refractivity contribution in [1.82, 2.24) is 10.0 Å². The molecule has 0 aromatic heterocycles. The molecule has 4 rings (SSSR count). The topological polar surface area (TPSA) is 76.7 Å². The summed E-state index contributed by atoms with van der Waals surface area (Å²) in [5.74, 6) is 0. The fraction of sp³-hybridized carbons (Fsp3) is 0.400. The minimum absolute atomic E-state index is 0.0736. The molecule has 2 bridgehead atoms. The summed E-state index contributed by atoms with van der Waals surface area (Å²) in [6.45, 7) is 3.04. The smallest absolute Gasteiger partial charge is 0.240 e. The lowest BCUT2D eigenvalue weighted by atomic mass is 10.00. The van der Waals surface area contributed by atoms with Crippen molar-refractivity contribution in [3.8, 4) is 0 Å². The highest BCUT2D eigenvalue weighted by Gasteiger charge is 2.45. The van der Waals surface area contributed by atoms with Crippen LogP contribution >= 0.6 is 0 Å². The second-order valence-corrected chi connectivity index (χ2v) is 8.84. The van der Waals surface area contributed by atoms with Gasteiger partial charge in [-0.2, -0.15) is 0 Å². The summed E-state index contributed by atoms with van der Waals surface area (Å²) in [6.07, 6.45) is 0.0577. The first-order valence-corrected chi connectivity index (χ1v) is 10.6. The molecule has 2 heterocycles. The SMILES string of the molecule is Cc1ccc(S(=O)(=O)N[C@H]2C[C@H]3CO[C@H](O3)[C@@H]2NCc2ccccc2)cc1. The molecular formula is C20H24N2O4S. The van der Waals surface area contributed by atoms with Crippen LogP contribution < -0.4 is 10.0 Å². The molecule has 0 saturated carbocycles. The minimum atomic E-state index is -3.61. The van der Waals surface area contributed by atoms with E-state index in [1.165, 1.54) is 0 Å². The molecule has 2 aromatic rings. The Morgan fingerprint density at radius 2 is 1.81 bits per heavy atom. The summed E-state index contributed by atoms with van der Waals surface area (Å²) in [4.78, 5) is 0.273. The lowest BCUT2D eigenvalue weighted by molar-refractivity contribution is -0.111. The van der Waals surface area contributed by atoms with Crippen molar-refractivity contribution in [2.24, 2.45) is 0 Å². The molecule has 6 nitrogen and oxygen atoms in total. The van der Waals surface area contributed by atoms with Gasteiger partial charge in [-0.3, -0.25) is 0 Å². The van der Waals surface area contributed by atoms with Crippen molar-refractivity contribution in [2.45, 2.75) is 49.3 Å². The van der Waals surface area contributed by atoms with Gasteiger partial charge >= 0.3 is 0 Å². The average molecular weight is 388 g/mol. The maximum absolute atomic E-state index is 12.8. The van der Waals surface area contributed by atoms with Crippen LogP contribution in [-0.2, 0) is 26.0 Å². The number of benzene rings is 2. The van der Waals surface area contributed by atoms with Gasteiger partial charge in [0.25, 0.3) is 0 Å². The molecule has 0 radical (unpaired) electrons. The third-order valence-corrected chi connectivity index (χ3v) is 6.54. The molecule has 0 spiro atoms. The first-order valence-electron chi connectivity index (χ1n) is 9.15. The molecule has 27 heavy (non-hydrogen) atoms. The second-order valence-electron chi connectivity index (χ2n) is 7.13. The number of hydrogen-bond acceptors (Lipinski definition) is 5. The van der Waals surface area contributed by atoms with Crippen molar-refractivity contribution in [1.29, 1.82) is 0 Å². The fourth-order valence-corrected chi connectivity index (χ4v) is 4.85. The fourth-order valence-electron chi connectivity index (χ4n) is 3.58. The van der Waals surface area contributed by atoms with Crippen LogP contribution in [-0.4, -0.2) is 39.5 Å². The quantitative estimate of drug-likeness (QED) is 0.791. The Labute approximate surface area is 159 Å². The molecule has 2 aliphatic heterocycles. The summed E-state index contributed by atoms with van der Waals surface area (Å²) in [7, 11) is -3.61. The summed E-state index contributed by atoms with van der Waals surface area (Å²) in [5.41, 5.74) is 2.15. The summed E-state index contributed by atoms with van der Waals surface area (Å²) in [5, 5.41) is 3.42. The first kappa shape index (κ1) is 18.6. The van der Waals surface area contributed by atoms with Gasteiger partial charge in [-0.05, 0) is 31.0 Å². The standard InChI is InChI=1S/C20H24N2O4S/c1-14-7-9-17(10-8-14)27(23,24)22-18-11-16-13-25-20(26-16)19(18)21-12-15-5-3-2-4-6-15/h2-10,16,18-22H,11-13H2,1H3/t16-,18-,19+,20+/m0/s1. The molecule has 0 amide bonds. The predicted octanol–water partition coefficient (Wildman–Crippen LogP) is 1.95. The van der Waals surface area contributed by atoms with Crippen LogP contribution in [0.4, 0.5) is 0 Å². The normalized spacial score (nSPS) is 27.6. The van der Waals surface area contributed by atoms with E-state index in [-0.39, 0.29) is 23.1 Å². The zero-order valence-corrected chi connectivity index (χ0v) is 16.0. The molecular weight excluding hydrogens is 364 g/mol. The molecule has 0 unspecified atom stereocenters. The van der Waals surface area contributed by atoms with Gasteiger partial charge in [0.2, 0.25) is 10.0 Å². The lowest BCUT2D eigenvalue weighted by Crippen LogP contribution is -2.58. The summed E-state index contributed by atoms with van der Waals surface area (Å²) >= 11 is 0. The third kappa shape index (κ3) is 4.23. The number of nitrogens with one attached hydrogen (secondary N) is 2. The molecule has 0 aliphatic carbocycles. The van der Waals surface area contributed by atoms with E-state index in [1.54, 1.807) is 24.3 Å². The maximum atomic E-state index is 12.8. The van der Waals surface area contributed by atoms with E-state index >= 15 is 0 Å². The van der Waals surface area contributed by atoms with Crippen molar-refractivity contribution >= 4 is 10.0 Å². The van der Waals surface area contributed by atoms with Gasteiger partial charge < -0.3 is 14.8 Å². The van der Waals surface area contributed by atoms with Crippen LogP contribution in [0.15, 0.2) is 59.5 Å². The Balaban J connectivity index is 1.51.